The van der Waals surface area contributed by atoms with Crippen LogP contribution in [0.2, 0.25) is 0 Å². The summed E-state index contributed by atoms with van der Waals surface area (Å²) in [5.41, 5.74) is 2.13. The van der Waals surface area contributed by atoms with Gasteiger partial charge in [-0.15, -0.1) is 4.48 Å². The Morgan fingerprint density at radius 1 is 1.26 bits per heavy atom. The average molecular weight is 256 g/mol. The molecule has 1 aromatic carbocycles. The second-order valence-electron chi connectivity index (χ2n) is 3.76. The number of hydrogen-bond acceptors (Lipinski definition) is 2. The second-order valence-corrected chi connectivity index (χ2v) is 3.76. The van der Waals surface area contributed by atoms with Gasteiger partial charge in [-0.1, -0.05) is 61.7 Å². The standard InChI is InChI=1S/C16H17FN2/c1-5-10-13(6-2)15(18-3)16(19(4)17)14-11-8-7-9-12-14/h5-12H,1-3H2,4H3/b13-10+,16-15-. The number of aliphatic imine (C=N–C) groups is 1. The Kier molecular flexibility index (Phi) is 5.48. The zero-order valence-electron chi connectivity index (χ0n) is 11.0. The van der Waals surface area contributed by atoms with Gasteiger partial charge in [0.15, 0.2) is 0 Å². The minimum atomic E-state index is 0.337. The summed E-state index contributed by atoms with van der Waals surface area (Å²) in [5.74, 6) is 0. The maximum Gasteiger partial charge on any atom is 0.102 e. The van der Waals surface area contributed by atoms with Crippen molar-refractivity contribution in [3.8, 4) is 0 Å². The minimum absolute atomic E-state index is 0.337. The molecule has 0 spiro atoms. The third-order valence-electron chi connectivity index (χ3n) is 2.53. The van der Waals surface area contributed by atoms with Crippen LogP contribution in [0.15, 0.2) is 78.0 Å². The van der Waals surface area contributed by atoms with Gasteiger partial charge in [0.25, 0.3) is 0 Å². The van der Waals surface area contributed by atoms with Gasteiger partial charge in [0, 0.05) is 18.2 Å². The molecule has 0 aromatic heterocycles. The second kappa shape index (κ2) is 7.11. The first-order valence-corrected chi connectivity index (χ1v) is 5.77. The molecule has 3 heteroatoms. The van der Waals surface area contributed by atoms with Crippen molar-refractivity contribution in [2.75, 3.05) is 7.05 Å². The van der Waals surface area contributed by atoms with E-state index in [0.29, 0.717) is 27.7 Å². The molecular formula is C16H17FN2. The SMILES string of the molecule is C=C/C=C(C=C)/C(N=C)=C(\c1ccccc1)N(C)F. The largest absolute Gasteiger partial charge is 0.262 e. The van der Waals surface area contributed by atoms with Gasteiger partial charge in [-0.2, -0.15) is 0 Å². The van der Waals surface area contributed by atoms with Crippen LogP contribution in [0.25, 0.3) is 5.70 Å². The maximum absolute atomic E-state index is 13.8. The Hall–Kier alpha value is -2.42. The zero-order valence-corrected chi connectivity index (χ0v) is 11.0. The van der Waals surface area contributed by atoms with Crippen molar-refractivity contribution in [1.82, 2.24) is 5.12 Å². The van der Waals surface area contributed by atoms with Gasteiger partial charge in [-0.25, -0.2) is 5.12 Å². The molecule has 19 heavy (non-hydrogen) atoms. The molecule has 0 saturated heterocycles. The highest BCUT2D eigenvalue weighted by Gasteiger charge is 2.14. The minimum Gasteiger partial charge on any atom is -0.262 e. The predicted molar refractivity (Wildman–Crippen MR) is 80.3 cm³/mol. The van der Waals surface area contributed by atoms with E-state index in [1.165, 1.54) is 7.05 Å². The van der Waals surface area contributed by atoms with E-state index >= 15 is 0 Å². The molecule has 0 fully saturated rings. The first kappa shape index (κ1) is 14.6. The monoisotopic (exact) mass is 256 g/mol. The van der Waals surface area contributed by atoms with E-state index in [9.17, 15) is 4.48 Å². The van der Waals surface area contributed by atoms with Crippen LogP contribution in [-0.4, -0.2) is 18.9 Å². The fraction of sp³-hybridized carbons (Fsp3) is 0.0625. The molecular weight excluding hydrogens is 239 g/mol. The lowest BCUT2D eigenvalue weighted by Gasteiger charge is -2.17. The van der Waals surface area contributed by atoms with Gasteiger partial charge in [-0.3, -0.25) is 4.99 Å². The van der Waals surface area contributed by atoms with E-state index in [2.05, 4.69) is 24.9 Å². The average Bonchev–Trinajstić information content (AvgIpc) is 2.43. The van der Waals surface area contributed by atoms with Crippen LogP contribution in [-0.2, 0) is 0 Å². The lowest BCUT2D eigenvalue weighted by atomic mass is 10.0. The highest BCUT2D eigenvalue weighted by atomic mass is 19.2. The van der Waals surface area contributed by atoms with Gasteiger partial charge < -0.3 is 0 Å². The molecule has 0 bridgehead atoms. The van der Waals surface area contributed by atoms with E-state index in [1.807, 2.05) is 30.3 Å². The Balaban J connectivity index is 3.54. The van der Waals surface area contributed by atoms with Crippen LogP contribution in [0.5, 0.6) is 0 Å². The molecule has 2 nitrogen and oxygen atoms in total. The fourth-order valence-electron chi connectivity index (χ4n) is 1.73. The van der Waals surface area contributed by atoms with Crippen molar-refractivity contribution >= 4 is 12.4 Å². The molecule has 1 rings (SSSR count). The van der Waals surface area contributed by atoms with Crippen LogP contribution in [0.4, 0.5) is 4.48 Å². The third-order valence-corrected chi connectivity index (χ3v) is 2.53. The quantitative estimate of drug-likeness (QED) is 0.423. The number of allylic oxidation sites excluding steroid dienone is 3. The molecule has 0 heterocycles. The smallest absolute Gasteiger partial charge is 0.102 e. The van der Waals surface area contributed by atoms with Crippen LogP contribution in [0.3, 0.4) is 0 Å². The highest BCUT2D eigenvalue weighted by molar-refractivity contribution is 5.72. The summed E-state index contributed by atoms with van der Waals surface area (Å²) in [7, 11) is 1.32. The summed E-state index contributed by atoms with van der Waals surface area (Å²) >= 11 is 0. The van der Waals surface area contributed by atoms with Crippen molar-refractivity contribution in [3.05, 3.63) is 78.6 Å². The van der Waals surface area contributed by atoms with Crippen molar-refractivity contribution in [1.29, 1.82) is 0 Å². The fourth-order valence-corrected chi connectivity index (χ4v) is 1.73. The summed E-state index contributed by atoms with van der Waals surface area (Å²) in [6.07, 6.45) is 4.91. The molecule has 0 atom stereocenters. The lowest BCUT2D eigenvalue weighted by Crippen LogP contribution is -2.08. The third kappa shape index (κ3) is 3.52. The number of rotatable bonds is 6. The Morgan fingerprint density at radius 2 is 1.89 bits per heavy atom. The van der Waals surface area contributed by atoms with E-state index in [0.717, 1.165) is 0 Å². The van der Waals surface area contributed by atoms with Crippen LogP contribution in [0.1, 0.15) is 5.56 Å². The maximum atomic E-state index is 13.8. The van der Waals surface area contributed by atoms with E-state index in [-0.39, 0.29) is 0 Å². The van der Waals surface area contributed by atoms with Gasteiger partial charge >= 0.3 is 0 Å². The number of halogens is 1. The molecule has 98 valence electrons. The van der Waals surface area contributed by atoms with Crippen LogP contribution in [0, 0.1) is 0 Å². The summed E-state index contributed by atoms with van der Waals surface area (Å²) < 4.78 is 13.8. The number of benzene rings is 1. The first-order valence-electron chi connectivity index (χ1n) is 5.77. The van der Waals surface area contributed by atoms with Crippen molar-refractivity contribution in [2.45, 2.75) is 0 Å². The Morgan fingerprint density at radius 3 is 2.32 bits per heavy atom. The van der Waals surface area contributed by atoms with Crippen LogP contribution < -0.4 is 0 Å². The summed E-state index contributed by atoms with van der Waals surface area (Å²) in [6.45, 7) is 10.8. The predicted octanol–water partition coefficient (Wildman–Crippen LogP) is 4.17. The van der Waals surface area contributed by atoms with E-state index in [4.69, 9.17) is 0 Å². The van der Waals surface area contributed by atoms with Crippen LogP contribution >= 0.6 is 0 Å². The van der Waals surface area contributed by atoms with Gasteiger partial charge in [0.05, 0.1) is 5.70 Å². The molecule has 0 aliphatic carbocycles. The summed E-state index contributed by atoms with van der Waals surface area (Å²) in [4.78, 5) is 3.94. The molecule has 0 aliphatic heterocycles. The first-order chi connectivity index (χ1) is 9.15. The Labute approximate surface area is 113 Å². The molecule has 1 aromatic rings. The molecule has 0 radical (unpaired) electrons. The highest BCUT2D eigenvalue weighted by Crippen LogP contribution is 2.28. The Bertz CT molecular complexity index is 525. The zero-order chi connectivity index (χ0) is 14.3. The number of hydrogen-bond donors (Lipinski definition) is 0. The summed E-state index contributed by atoms with van der Waals surface area (Å²) in [5, 5.41) is 0.528. The van der Waals surface area contributed by atoms with Gasteiger partial charge in [-0.05, 0) is 6.72 Å². The molecule has 0 saturated carbocycles. The molecule has 0 N–H and O–H groups in total. The van der Waals surface area contributed by atoms with Crippen molar-refractivity contribution in [3.63, 3.8) is 0 Å². The number of nitrogens with zero attached hydrogens (tertiary/aromatic N) is 2. The topological polar surface area (TPSA) is 15.6 Å². The molecule has 0 amide bonds. The van der Waals surface area contributed by atoms with Gasteiger partial charge in [0.1, 0.15) is 5.70 Å². The van der Waals surface area contributed by atoms with Gasteiger partial charge in [0.2, 0.25) is 0 Å². The normalized spacial score (nSPS) is 12.4. The summed E-state index contributed by atoms with van der Waals surface area (Å²) in [6, 6.07) is 9.17. The van der Waals surface area contributed by atoms with E-state index in [1.54, 1.807) is 18.2 Å². The lowest BCUT2D eigenvalue weighted by molar-refractivity contribution is 0.144. The van der Waals surface area contributed by atoms with Crippen molar-refractivity contribution < 1.29 is 4.48 Å². The van der Waals surface area contributed by atoms with Crippen molar-refractivity contribution in [2.24, 2.45) is 4.99 Å². The molecule has 0 aliphatic rings. The van der Waals surface area contributed by atoms with E-state index < -0.39 is 0 Å². The molecule has 0 unspecified atom stereocenters.